The van der Waals surface area contributed by atoms with E-state index < -0.39 is 0 Å². The average molecular weight is 380 g/mol. The van der Waals surface area contributed by atoms with Gasteiger partial charge in [0.25, 0.3) is 0 Å². The molecule has 2 aliphatic rings. The lowest BCUT2D eigenvalue weighted by Gasteiger charge is -2.34. The van der Waals surface area contributed by atoms with Crippen LogP contribution in [-0.2, 0) is 14.1 Å². The fourth-order valence-electron chi connectivity index (χ4n) is 4.50. The van der Waals surface area contributed by atoms with Crippen LogP contribution in [0.25, 0.3) is 0 Å². The van der Waals surface area contributed by atoms with Gasteiger partial charge in [-0.15, -0.1) is 0 Å². The van der Waals surface area contributed by atoms with Crippen molar-refractivity contribution in [1.29, 1.82) is 0 Å². The molecule has 1 aliphatic heterocycles. The van der Waals surface area contributed by atoms with Gasteiger partial charge in [-0.3, -0.25) is 4.79 Å². The summed E-state index contributed by atoms with van der Waals surface area (Å²) < 4.78 is 12.2. The number of carbonyl (C=O) groups excluding carboxylic acids is 1. The molecule has 1 aliphatic carbocycles. The van der Waals surface area contributed by atoms with Gasteiger partial charge in [-0.2, -0.15) is 0 Å². The minimum atomic E-state index is -0.340. The molecule has 156 valence electrons. The molecule has 1 heterocycles. The molecule has 0 aromatic rings. The van der Waals surface area contributed by atoms with E-state index in [1.807, 2.05) is 20.8 Å². The third kappa shape index (κ3) is 5.07. The number of carbonyl (C=O) groups is 1. The molecule has 0 aromatic heterocycles. The molecule has 0 bridgehead atoms. The van der Waals surface area contributed by atoms with Crippen molar-refractivity contribution in [2.24, 2.45) is 23.0 Å². The van der Waals surface area contributed by atoms with Gasteiger partial charge in [0.15, 0.2) is 0 Å². The average Bonchev–Trinajstić information content (AvgIpc) is 2.92. The van der Waals surface area contributed by atoms with E-state index in [9.17, 15) is 4.79 Å². The maximum absolute atomic E-state index is 13.0. The van der Waals surface area contributed by atoms with E-state index in [1.165, 1.54) is 0 Å². The van der Waals surface area contributed by atoms with Gasteiger partial charge in [-0.05, 0) is 92.4 Å². The van der Waals surface area contributed by atoms with E-state index in [0.717, 1.165) is 32.0 Å². The maximum Gasteiger partial charge on any atom is 0.457 e. The van der Waals surface area contributed by atoms with E-state index >= 15 is 0 Å². The Morgan fingerprint density at radius 2 is 1.70 bits per heavy atom. The Morgan fingerprint density at radius 1 is 1.15 bits per heavy atom. The summed E-state index contributed by atoms with van der Waals surface area (Å²) in [6.07, 6.45) is 4.79. The highest BCUT2D eigenvalue weighted by molar-refractivity contribution is 6.45. The predicted octanol–water partition coefficient (Wildman–Crippen LogP) is 3.76. The Kier molecular flexibility index (Phi) is 6.46. The third-order valence-electron chi connectivity index (χ3n) is 6.87. The molecule has 1 saturated heterocycles. The van der Waals surface area contributed by atoms with Gasteiger partial charge in [0, 0.05) is 11.0 Å². The van der Waals surface area contributed by atoms with Crippen LogP contribution in [0.1, 0.15) is 81.1 Å². The third-order valence-corrected chi connectivity index (χ3v) is 6.87. The first kappa shape index (κ1) is 22.7. The molecule has 0 aromatic carbocycles. The van der Waals surface area contributed by atoms with E-state index in [0.29, 0.717) is 18.4 Å². The highest BCUT2D eigenvalue weighted by Gasteiger charge is 2.51. The van der Waals surface area contributed by atoms with E-state index in [1.54, 1.807) is 0 Å². The van der Waals surface area contributed by atoms with Crippen molar-refractivity contribution in [3.05, 3.63) is 0 Å². The molecule has 3 atom stereocenters. The SMILES string of the molecule is CC(C)(C)NC(=O)[C@]1(C)C[C@@H](CN)C[C@@H]1CCCB1OC(C)(C)C(C)(C)O1. The minimum Gasteiger partial charge on any atom is -0.403 e. The first-order valence-corrected chi connectivity index (χ1v) is 10.6. The van der Waals surface area contributed by atoms with E-state index in [4.69, 9.17) is 15.0 Å². The molecule has 6 heteroatoms. The summed E-state index contributed by atoms with van der Waals surface area (Å²) in [4.78, 5) is 13.0. The standard InChI is InChI=1S/C21H41BN2O3/c1-18(2,3)24-17(25)21(8)13-15(14-23)12-16(21)10-9-11-22-26-19(4,5)20(6,7)27-22/h15-16H,9-14,23H2,1-8H3,(H,24,25)/t15-,16-,21+/m0/s1. The molecule has 27 heavy (non-hydrogen) atoms. The number of rotatable bonds is 6. The summed E-state index contributed by atoms with van der Waals surface area (Å²) in [5.41, 5.74) is 4.84. The van der Waals surface area contributed by atoms with Crippen LogP contribution in [0.3, 0.4) is 0 Å². The zero-order chi connectivity index (χ0) is 20.7. The quantitative estimate of drug-likeness (QED) is 0.688. The molecule has 0 unspecified atom stereocenters. The molecule has 5 nitrogen and oxygen atoms in total. The summed E-state index contributed by atoms with van der Waals surface area (Å²) in [5.74, 6) is 0.963. The van der Waals surface area contributed by atoms with Crippen LogP contribution in [0.15, 0.2) is 0 Å². The van der Waals surface area contributed by atoms with Gasteiger partial charge in [0.2, 0.25) is 5.91 Å². The normalized spacial score (nSPS) is 32.7. The molecule has 2 fully saturated rings. The summed E-state index contributed by atoms with van der Waals surface area (Å²) in [5, 5.41) is 3.20. The van der Waals surface area contributed by atoms with Gasteiger partial charge in [0.1, 0.15) is 0 Å². The number of hydrogen-bond acceptors (Lipinski definition) is 4. The summed E-state index contributed by atoms with van der Waals surface area (Å²) >= 11 is 0. The molecule has 0 radical (unpaired) electrons. The van der Waals surface area contributed by atoms with E-state index in [-0.39, 0.29) is 35.2 Å². The highest BCUT2D eigenvalue weighted by Crippen LogP contribution is 2.49. The minimum absolute atomic E-state index is 0.156. The lowest BCUT2D eigenvalue weighted by molar-refractivity contribution is -0.133. The summed E-state index contributed by atoms with van der Waals surface area (Å²) in [6.45, 7) is 17.3. The topological polar surface area (TPSA) is 73.6 Å². The van der Waals surface area contributed by atoms with Crippen molar-refractivity contribution in [3.63, 3.8) is 0 Å². The second kappa shape index (κ2) is 7.68. The molecular weight excluding hydrogens is 339 g/mol. The van der Waals surface area contributed by atoms with Crippen molar-refractivity contribution in [2.45, 2.75) is 104 Å². The van der Waals surface area contributed by atoms with Gasteiger partial charge in [0.05, 0.1) is 11.2 Å². The number of hydrogen-bond donors (Lipinski definition) is 2. The summed E-state index contributed by atoms with van der Waals surface area (Å²) in [7, 11) is -0.156. The van der Waals surface area contributed by atoms with Crippen LogP contribution < -0.4 is 11.1 Å². The van der Waals surface area contributed by atoms with Crippen LogP contribution in [-0.4, -0.2) is 36.3 Å². The fraction of sp³-hybridized carbons (Fsp3) is 0.952. The molecule has 0 spiro atoms. The number of amides is 1. The van der Waals surface area contributed by atoms with Crippen molar-refractivity contribution >= 4 is 13.0 Å². The smallest absolute Gasteiger partial charge is 0.403 e. The second-order valence-corrected chi connectivity index (χ2v) is 11.0. The molecule has 3 N–H and O–H groups in total. The Balaban J connectivity index is 1.96. The second-order valence-electron chi connectivity index (χ2n) is 11.0. The van der Waals surface area contributed by atoms with Crippen molar-refractivity contribution in [1.82, 2.24) is 5.32 Å². The zero-order valence-corrected chi connectivity index (χ0v) is 18.8. The lowest BCUT2D eigenvalue weighted by Crippen LogP contribution is -2.49. The van der Waals surface area contributed by atoms with Crippen molar-refractivity contribution in [3.8, 4) is 0 Å². The molecule has 2 rings (SSSR count). The van der Waals surface area contributed by atoms with Crippen molar-refractivity contribution in [2.75, 3.05) is 6.54 Å². The lowest BCUT2D eigenvalue weighted by atomic mass is 9.73. The van der Waals surface area contributed by atoms with Gasteiger partial charge in [-0.25, -0.2) is 0 Å². The Labute approximate surface area is 166 Å². The van der Waals surface area contributed by atoms with Gasteiger partial charge in [-0.1, -0.05) is 13.3 Å². The van der Waals surface area contributed by atoms with Crippen LogP contribution >= 0.6 is 0 Å². The first-order valence-electron chi connectivity index (χ1n) is 10.6. The largest absolute Gasteiger partial charge is 0.457 e. The Bertz CT molecular complexity index is 528. The fourth-order valence-corrected chi connectivity index (χ4v) is 4.50. The van der Waals surface area contributed by atoms with Crippen LogP contribution in [0.2, 0.25) is 6.32 Å². The Morgan fingerprint density at radius 3 is 2.19 bits per heavy atom. The van der Waals surface area contributed by atoms with Crippen LogP contribution in [0.5, 0.6) is 0 Å². The summed E-state index contributed by atoms with van der Waals surface area (Å²) in [6, 6.07) is 0. The van der Waals surface area contributed by atoms with Crippen molar-refractivity contribution < 1.29 is 14.1 Å². The van der Waals surface area contributed by atoms with E-state index in [2.05, 4.69) is 39.9 Å². The number of nitrogens with two attached hydrogens (primary N) is 1. The van der Waals surface area contributed by atoms with Crippen LogP contribution in [0, 0.1) is 17.3 Å². The predicted molar refractivity (Wildman–Crippen MR) is 111 cm³/mol. The van der Waals surface area contributed by atoms with Gasteiger partial charge >= 0.3 is 7.12 Å². The monoisotopic (exact) mass is 380 g/mol. The molecule has 1 amide bonds. The zero-order valence-electron chi connectivity index (χ0n) is 18.8. The molecular formula is C21H41BN2O3. The molecule has 1 saturated carbocycles. The maximum atomic E-state index is 13.0. The van der Waals surface area contributed by atoms with Crippen LogP contribution in [0.4, 0.5) is 0 Å². The number of nitrogens with one attached hydrogen (secondary N) is 1. The first-order chi connectivity index (χ1) is 12.2. The van der Waals surface area contributed by atoms with Gasteiger partial charge < -0.3 is 20.4 Å². The Hall–Kier alpha value is -0.585. The highest BCUT2D eigenvalue weighted by atomic mass is 16.7.